The maximum absolute atomic E-state index is 5.63. The van der Waals surface area contributed by atoms with Gasteiger partial charge in [-0.05, 0) is 32.1 Å². The van der Waals surface area contributed by atoms with Crippen LogP contribution in [0.5, 0.6) is 0 Å². The molecule has 5 nitrogen and oxygen atoms in total. The van der Waals surface area contributed by atoms with Crippen LogP contribution in [-0.2, 0) is 9.47 Å². The first kappa shape index (κ1) is 20.9. The van der Waals surface area contributed by atoms with Gasteiger partial charge in [0.15, 0.2) is 5.96 Å². The Hall–Kier alpha value is -0.0800. The van der Waals surface area contributed by atoms with Crippen molar-refractivity contribution >= 4 is 29.9 Å². The molecule has 0 amide bonds. The molecule has 1 aliphatic heterocycles. The lowest BCUT2D eigenvalue weighted by atomic mass is 10.2. The van der Waals surface area contributed by atoms with Gasteiger partial charge >= 0.3 is 0 Å². The Morgan fingerprint density at radius 2 is 2.19 bits per heavy atom. The van der Waals surface area contributed by atoms with Crippen LogP contribution in [0, 0.1) is 5.92 Å². The predicted molar refractivity (Wildman–Crippen MR) is 98.6 cm³/mol. The molecule has 0 radical (unpaired) electrons. The summed E-state index contributed by atoms with van der Waals surface area (Å²) < 4.78 is 11.1. The number of guanidine groups is 1. The lowest BCUT2D eigenvalue weighted by Crippen LogP contribution is -2.38. The van der Waals surface area contributed by atoms with Gasteiger partial charge in [-0.25, -0.2) is 0 Å². The largest absolute Gasteiger partial charge is 0.379 e. The van der Waals surface area contributed by atoms with Crippen LogP contribution in [0.25, 0.3) is 0 Å². The number of halogens is 1. The van der Waals surface area contributed by atoms with Crippen molar-refractivity contribution in [1.29, 1.82) is 0 Å². The maximum atomic E-state index is 5.63. The third kappa shape index (κ3) is 11.2. The minimum Gasteiger partial charge on any atom is -0.379 e. The summed E-state index contributed by atoms with van der Waals surface area (Å²) in [5.74, 6) is 1.49. The highest BCUT2D eigenvalue weighted by Gasteiger charge is 2.14. The fourth-order valence-corrected chi connectivity index (χ4v) is 1.99. The zero-order chi connectivity index (χ0) is 14.6. The van der Waals surface area contributed by atoms with Crippen molar-refractivity contribution in [1.82, 2.24) is 10.6 Å². The van der Waals surface area contributed by atoms with E-state index in [2.05, 4.69) is 36.4 Å². The van der Waals surface area contributed by atoms with Gasteiger partial charge < -0.3 is 20.1 Å². The van der Waals surface area contributed by atoms with Crippen molar-refractivity contribution in [3.8, 4) is 0 Å². The van der Waals surface area contributed by atoms with Crippen molar-refractivity contribution in [3.63, 3.8) is 0 Å². The lowest BCUT2D eigenvalue weighted by molar-refractivity contribution is 0.0168. The van der Waals surface area contributed by atoms with Crippen LogP contribution in [0.1, 0.15) is 40.0 Å². The topological polar surface area (TPSA) is 54.9 Å². The summed E-state index contributed by atoms with van der Waals surface area (Å²) in [6.07, 6.45) is 3.63. The molecule has 1 rings (SSSR count). The third-order valence-corrected chi connectivity index (χ3v) is 3.04. The quantitative estimate of drug-likeness (QED) is 0.264. The van der Waals surface area contributed by atoms with Crippen molar-refractivity contribution < 1.29 is 9.47 Å². The molecular formula is C15H32IN3O2. The van der Waals surface area contributed by atoms with Gasteiger partial charge in [0.2, 0.25) is 0 Å². The second-order valence-corrected chi connectivity index (χ2v) is 5.60. The molecule has 1 unspecified atom stereocenters. The van der Waals surface area contributed by atoms with Gasteiger partial charge in [0.25, 0.3) is 0 Å². The van der Waals surface area contributed by atoms with Crippen molar-refractivity contribution in [2.45, 2.75) is 46.1 Å². The van der Waals surface area contributed by atoms with E-state index in [1.165, 1.54) is 6.42 Å². The van der Waals surface area contributed by atoms with Crippen LogP contribution in [0.15, 0.2) is 4.99 Å². The summed E-state index contributed by atoms with van der Waals surface area (Å²) in [4.78, 5) is 4.53. The van der Waals surface area contributed by atoms with E-state index in [0.717, 1.165) is 58.3 Å². The van der Waals surface area contributed by atoms with E-state index in [1.54, 1.807) is 0 Å². The number of nitrogens with zero attached hydrogens (tertiary/aromatic N) is 1. The Morgan fingerprint density at radius 3 is 2.81 bits per heavy atom. The first-order valence-corrected chi connectivity index (χ1v) is 7.94. The number of nitrogens with one attached hydrogen (secondary N) is 2. The minimum absolute atomic E-state index is 0. The molecule has 126 valence electrons. The number of ether oxygens (including phenoxy) is 2. The average molecular weight is 413 g/mol. The van der Waals surface area contributed by atoms with E-state index >= 15 is 0 Å². The molecular weight excluding hydrogens is 381 g/mol. The molecule has 21 heavy (non-hydrogen) atoms. The van der Waals surface area contributed by atoms with Gasteiger partial charge in [-0.2, -0.15) is 0 Å². The molecule has 1 heterocycles. The molecule has 6 heteroatoms. The van der Waals surface area contributed by atoms with Crippen LogP contribution in [0.2, 0.25) is 0 Å². The van der Waals surface area contributed by atoms with E-state index < -0.39 is 0 Å². The van der Waals surface area contributed by atoms with Gasteiger partial charge in [0.05, 0.1) is 12.7 Å². The van der Waals surface area contributed by atoms with Gasteiger partial charge in [-0.1, -0.05) is 13.8 Å². The summed E-state index contributed by atoms with van der Waals surface area (Å²) in [5.41, 5.74) is 0. The summed E-state index contributed by atoms with van der Waals surface area (Å²) in [6, 6.07) is 0. The number of hydrogen-bond acceptors (Lipinski definition) is 3. The average Bonchev–Trinajstić information content (AvgIpc) is 2.92. The van der Waals surface area contributed by atoms with Crippen LogP contribution in [-0.4, -0.2) is 51.5 Å². The van der Waals surface area contributed by atoms with Crippen LogP contribution >= 0.6 is 24.0 Å². The molecule has 1 saturated heterocycles. The van der Waals surface area contributed by atoms with Crippen molar-refractivity contribution in [3.05, 3.63) is 0 Å². The van der Waals surface area contributed by atoms with Crippen molar-refractivity contribution in [2.24, 2.45) is 10.9 Å². The smallest absolute Gasteiger partial charge is 0.191 e. The van der Waals surface area contributed by atoms with E-state index in [0.29, 0.717) is 12.0 Å². The third-order valence-electron chi connectivity index (χ3n) is 3.04. The Morgan fingerprint density at radius 1 is 1.38 bits per heavy atom. The first-order chi connectivity index (χ1) is 9.72. The summed E-state index contributed by atoms with van der Waals surface area (Å²) in [6.45, 7) is 11.5. The van der Waals surface area contributed by atoms with E-state index in [9.17, 15) is 0 Å². The summed E-state index contributed by atoms with van der Waals surface area (Å²) in [7, 11) is 0. The second kappa shape index (κ2) is 13.6. The zero-order valence-electron chi connectivity index (χ0n) is 13.7. The highest BCUT2D eigenvalue weighted by Crippen LogP contribution is 2.11. The molecule has 0 saturated carbocycles. The zero-order valence-corrected chi connectivity index (χ0v) is 16.0. The van der Waals surface area contributed by atoms with E-state index in [1.807, 2.05) is 0 Å². The monoisotopic (exact) mass is 413 g/mol. The maximum Gasteiger partial charge on any atom is 0.191 e. The molecule has 0 aromatic heterocycles. The highest BCUT2D eigenvalue weighted by atomic mass is 127. The van der Waals surface area contributed by atoms with Crippen molar-refractivity contribution in [2.75, 3.05) is 39.5 Å². The Bertz CT molecular complexity index is 270. The Labute approximate surface area is 146 Å². The normalized spacial score (nSPS) is 18.7. The van der Waals surface area contributed by atoms with Crippen LogP contribution in [0.3, 0.4) is 0 Å². The van der Waals surface area contributed by atoms with E-state index in [-0.39, 0.29) is 24.0 Å². The number of rotatable bonds is 9. The van der Waals surface area contributed by atoms with Crippen LogP contribution < -0.4 is 10.6 Å². The van der Waals surface area contributed by atoms with Gasteiger partial charge in [0.1, 0.15) is 0 Å². The number of hydrogen-bond donors (Lipinski definition) is 2. The van der Waals surface area contributed by atoms with Gasteiger partial charge in [-0.3, -0.25) is 4.99 Å². The Kier molecular flexibility index (Phi) is 13.5. The van der Waals surface area contributed by atoms with Crippen LogP contribution in [0.4, 0.5) is 0 Å². The minimum atomic E-state index is 0. The molecule has 2 N–H and O–H groups in total. The molecule has 0 aromatic carbocycles. The molecule has 0 aromatic rings. The van der Waals surface area contributed by atoms with Gasteiger partial charge in [0, 0.05) is 32.8 Å². The second-order valence-electron chi connectivity index (χ2n) is 5.60. The first-order valence-electron chi connectivity index (χ1n) is 7.94. The number of aliphatic imine (C=N–C) groups is 1. The molecule has 0 aliphatic carbocycles. The van der Waals surface area contributed by atoms with E-state index in [4.69, 9.17) is 9.47 Å². The SMILES string of the molecule is CCNC(=NCC(C)C)NCCCOCC1CCCO1.I. The predicted octanol–water partition coefficient (Wildman–Crippen LogP) is 2.40. The molecule has 1 atom stereocenters. The standard InChI is InChI=1S/C15H31N3O2.HI/c1-4-16-15(18-11-13(2)3)17-8-6-9-19-12-14-7-5-10-20-14;/h13-14H,4-12H2,1-3H3,(H2,16,17,18);1H. The Balaban J connectivity index is 0.00000400. The summed E-state index contributed by atoms with van der Waals surface area (Å²) in [5, 5.41) is 6.58. The fraction of sp³-hybridized carbons (Fsp3) is 0.933. The highest BCUT2D eigenvalue weighted by molar-refractivity contribution is 14.0. The fourth-order valence-electron chi connectivity index (χ4n) is 1.99. The molecule has 0 bridgehead atoms. The molecule has 1 fully saturated rings. The molecule has 1 aliphatic rings. The molecule has 0 spiro atoms. The van der Waals surface area contributed by atoms with Gasteiger partial charge in [-0.15, -0.1) is 24.0 Å². The summed E-state index contributed by atoms with van der Waals surface area (Å²) >= 11 is 0. The lowest BCUT2D eigenvalue weighted by Gasteiger charge is -2.13.